The third-order valence-corrected chi connectivity index (χ3v) is 7.73. The molecule has 0 aliphatic carbocycles. The summed E-state index contributed by atoms with van der Waals surface area (Å²) in [7, 11) is 0.575. The van der Waals surface area contributed by atoms with Crippen molar-refractivity contribution in [3.63, 3.8) is 0 Å². The maximum absolute atomic E-state index is 13.4. The summed E-state index contributed by atoms with van der Waals surface area (Å²) in [5, 5.41) is 0. The van der Waals surface area contributed by atoms with E-state index in [1.807, 2.05) is 61.1 Å². The summed E-state index contributed by atoms with van der Waals surface area (Å²) in [5.41, 5.74) is 2.79. The van der Waals surface area contributed by atoms with Crippen molar-refractivity contribution in [3.05, 3.63) is 40.3 Å². The molecule has 1 saturated heterocycles. The Labute approximate surface area is 217 Å². The van der Waals surface area contributed by atoms with Gasteiger partial charge in [-0.1, -0.05) is 34.1 Å². The molecule has 0 spiro atoms. The Kier molecular flexibility index (Phi) is 10.3. The number of H-pyrrole nitrogens is 1. The molecule has 1 aromatic carbocycles. The van der Waals surface area contributed by atoms with Crippen LogP contribution in [0.3, 0.4) is 0 Å². The summed E-state index contributed by atoms with van der Waals surface area (Å²) in [4.78, 5) is 23.9. The third kappa shape index (κ3) is 6.07. The second kappa shape index (κ2) is 13.2. The van der Waals surface area contributed by atoms with Crippen LogP contribution >= 0.6 is 0 Å². The smallest absolute Gasteiger partial charge is 0.275 e. The van der Waals surface area contributed by atoms with Crippen LogP contribution in [0.4, 0.5) is 0 Å². The minimum Gasteiger partial charge on any atom is -0.493 e. The van der Waals surface area contributed by atoms with Crippen LogP contribution in [0.25, 0.3) is 22.4 Å². The van der Waals surface area contributed by atoms with Gasteiger partial charge in [0.2, 0.25) is 0 Å². The Bertz CT molecular complexity index is 1230. The molecule has 9 heteroatoms. The van der Waals surface area contributed by atoms with E-state index in [2.05, 4.69) is 23.7 Å². The van der Waals surface area contributed by atoms with E-state index in [1.165, 1.54) is 0 Å². The summed E-state index contributed by atoms with van der Waals surface area (Å²) >= 11 is 0. The molecule has 36 heavy (non-hydrogen) atoms. The average molecular weight is 516 g/mol. The van der Waals surface area contributed by atoms with E-state index in [0.29, 0.717) is 39.7 Å². The highest BCUT2D eigenvalue weighted by atomic mass is 32.2. The Hall–Kier alpha value is -2.49. The van der Waals surface area contributed by atoms with E-state index in [4.69, 9.17) is 9.72 Å². The van der Waals surface area contributed by atoms with Crippen molar-refractivity contribution >= 4 is 22.0 Å². The lowest BCUT2D eigenvalue weighted by Gasteiger charge is -2.33. The molecule has 0 amide bonds. The van der Waals surface area contributed by atoms with Crippen molar-refractivity contribution in [2.45, 2.75) is 58.8 Å². The third-order valence-electron chi connectivity index (χ3n) is 6.23. The Balaban J connectivity index is 0.00000176. The minimum absolute atomic E-state index is 0.189. The lowest BCUT2D eigenvalue weighted by Crippen LogP contribution is -2.46. The van der Waals surface area contributed by atoms with Crippen LogP contribution in [0.15, 0.2) is 34.1 Å². The van der Waals surface area contributed by atoms with Crippen LogP contribution in [-0.2, 0) is 24.5 Å². The zero-order chi connectivity index (χ0) is 26.2. The zero-order valence-electron chi connectivity index (χ0n) is 22.6. The zero-order valence-corrected chi connectivity index (χ0v) is 23.4. The number of fused-ring (bicyclic) bond motifs is 1. The van der Waals surface area contributed by atoms with Gasteiger partial charge in [0.25, 0.3) is 5.56 Å². The lowest BCUT2D eigenvalue weighted by molar-refractivity contribution is 0.193. The van der Waals surface area contributed by atoms with Gasteiger partial charge in [0, 0.05) is 39.4 Å². The molecule has 1 atom stereocenters. The maximum atomic E-state index is 13.4. The highest BCUT2D eigenvalue weighted by molar-refractivity contribution is 7.82. The second-order valence-corrected chi connectivity index (χ2v) is 10.2. The molecule has 4 rings (SSSR count). The first-order valence-electron chi connectivity index (χ1n) is 13.2. The van der Waals surface area contributed by atoms with Gasteiger partial charge in [-0.25, -0.2) is 13.5 Å². The van der Waals surface area contributed by atoms with Crippen molar-refractivity contribution in [3.8, 4) is 17.1 Å². The quantitative estimate of drug-likeness (QED) is 0.458. The molecule has 1 N–H and O–H groups in total. The van der Waals surface area contributed by atoms with E-state index in [-0.39, 0.29) is 5.56 Å². The molecule has 1 unspecified atom stereocenters. The Morgan fingerprint density at radius 3 is 2.44 bits per heavy atom. The number of benzene rings is 1. The van der Waals surface area contributed by atoms with E-state index in [9.17, 15) is 9.00 Å². The molecule has 3 heterocycles. The fraction of sp³-hybridized carbons (Fsp3) is 0.556. The van der Waals surface area contributed by atoms with E-state index in [1.54, 1.807) is 0 Å². The van der Waals surface area contributed by atoms with Crippen LogP contribution in [0.1, 0.15) is 53.0 Å². The number of hydrogen-bond donors (Lipinski definition) is 1. The first kappa shape index (κ1) is 28.1. The maximum Gasteiger partial charge on any atom is 0.275 e. The van der Waals surface area contributed by atoms with E-state index >= 15 is 0 Å². The Morgan fingerprint density at radius 2 is 1.81 bits per heavy atom. The molecule has 2 aromatic heterocycles. The molecule has 198 valence electrons. The number of piperazine rings is 1. The van der Waals surface area contributed by atoms with Gasteiger partial charge in [-0.15, -0.1) is 0 Å². The molecular formula is C27H41N5O3S. The van der Waals surface area contributed by atoms with Crippen molar-refractivity contribution in [1.29, 1.82) is 0 Å². The predicted octanol–water partition coefficient (Wildman–Crippen LogP) is 4.36. The molecular weight excluding hydrogens is 474 g/mol. The van der Waals surface area contributed by atoms with Gasteiger partial charge in [-0.05, 0) is 50.1 Å². The molecule has 8 nitrogen and oxygen atoms in total. The number of aryl methyl sites for hydroxylation is 2. The fourth-order valence-electron chi connectivity index (χ4n) is 4.63. The van der Waals surface area contributed by atoms with Gasteiger partial charge in [0.1, 0.15) is 28.1 Å². The van der Waals surface area contributed by atoms with Gasteiger partial charge in [0.05, 0.1) is 22.6 Å². The highest BCUT2D eigenvalue weighted by Gasteiger charge is 2.23. The van der Waals surface area contributed by atoms with Gasteiger partial charge in [-0.2, -0.15) is 0 Å². The van der Waals surface area contributed by atoms with Crippen molar-refractivity contribution < 1.29 is 8.95 Å². The van der Waals surface area contributed by atoms with Gasteiger partial charge >= 0.3 is 0 Å². The average Bonchev–Trinajstić information content (AvgIpc) is 3.21. The van der Waals surface area contributed by atoms with Crippen molar-refractivity contribution in [2.24, 2.45) is 7.05 Å². The molecule has 1 aliphatic heterocycles. The standard InChI is InChI=1S/C25H35N5O3S.C2H6/c1-5-8-18-17-28(4)23-22(18)26-24(27-25(23)31)20-16-19(9-10-21(20)33-7-3)34(32)30-14-12-29(11-6-2)13-15-30;1-2/h9-10,16-17H,5-8,11-15H2,1-4H3,(H,26,27,31);1-2H3. The van der Waals surface area contributed by atoms with E-state index < -0.39 is 11.0 Å². The first-order chi connectivity index (χ1) is 17.5. The normalized spacial score (nSPS) is 15.5. The van der Waals surface area contributed by atoms with Crippen molar-refractivity contribution in [2.75, 3.05) is 39.3 Å². The highest BCUT2D eigenvalue weighted by Crippen LogP contribution is 2.31. The number of rotatable bonds is 9. The lowest BCUT2D eigenvalue weighted by atomic mass is 10.1. The number of hydrogen-bond acceptors (Lipinski definition) is 5. The molecule has 1 aliphatic rings. The van der Waals surface area contributed by atoms with Crippen LogP contribution < -0.4 is 10.3 Å². The summed E-state index contributed by atoms with van der Waals surface area (Å²) in [6, 6.07) is 5.54. The SMILES string of the molecule is CC.CCCc1cn(C)c2c(=O)[nH]c(-c3cc(S(=O)N4CCN(CCC)CC4)ccc3OCC)nc12. The van der Waals surface area contributed by atoms with Crippen LogP contribution in [-0.4, -0.2) is 67.3 Å². The van der Waals surface area contributed by atoms with Crippen molar-refractivity contribution in [1.82, 2.24) is 23.7 Å². The van der Waals surface area contributed by atoms with Crippen LogP contribution in [0.2, 0.25) is 0 Å². The number of nitrogens with one attached hydrogen (secondary N) is 1. The topological polar surface area (TPSA) is 83.5 Å². The molecule has 0 bridgehead atoms. The van der Waals surface area contributed by atoms with Gasteiger partial charge in [-0.3, -0.25) is 4.79 Å². The number of nitrogens with zero attached hydrogens (tertiary/aromatic N) is 4. The predicted molar refractivity (Wildman–Crippen MR) is 148 cm³/mol. The summed E-state index contributed by atoms with van der Waals surface area (Å²) in [6.07, 6.45) is 4.92. The molecule has 1 fully saturated rings. The summed E-state index contributed by atoms with van der Waals surface area (Å²) in [5.74, 6) is 1.06. The largest absolute Gasteiger partial charge is 0.493 e. The summed E-state index contributed by atoms with van der Waals surface area (Å²) in [6.45, 7) is 15.1. The first-order valence-corrected chi connectivity index (χ1v) is 14.3. The molecule has 3 aromatic rings. The molecule has 0 radical (unpaired) electrons. The van der Waals surface area contributed by atoms with E-state index in [0.717, 1.165) is 57.5 Å². The Morgan fingerprint density at radius 1 is 1.08 bits per heavy atom. The second-order valence-electron chi connectivity index (χ2n) is 8.74. The number of ether oxygens (including phenoxy) is 1. The number of aromatic nitrogens is 3. The van der Waals surface area contributed by atoms with Crippen LogP contribution in [0.5, 0.6) is 5.75 Å². The van der Waals surface area contributed by atoms with Gasteiger partial charge < -0.3 is 19.2 Å². The number of aromatic amines is 1. The summed E-state index contributed by atoms with van der Waals surface area (Å²) < 4.78 is 23.1. The minimum atomic E-state index is -1.29. The monoisotopic (exact) mass is 515 g/mol. The molecule has 0 saturated carbocycles. The van der Waals surface area contributed by atoms with Crippen LogP contribution in [0, 0.1) is 0 Å². The van der Waals surface area contributed by atoms with Gasteiger partial charge in [0.15, 0.2) is 0 Å². The fourth-order valence-corrected chi connectivity index (χ4v) is 5.82.